The van der Waals surface area contributed by atoms with Crippen molar-refractivity contribution in [1.29, 1.82) is 0 Å². The number of aliphatic hydroxyl groups excluding tert-OH is 1. The van der Waals surface area contributed by atoms with Gasteiger partial charge in [0.15, 0.2) is 5.69 Å². The molecule has 13 nitrogen and oxygen atoms in total. The molecule has 2 heterocycles. The first-order chi connectivity index (χ1) is 17.7. The Morgan fingerprint density at radius 1 is 1.11 bits per heavy atom. The molecule has 4 N–H and O–H groups in total. The number of aromatic amines is 1. The Hall–Kier alpha value is -5.30. The van der Waals surface area contributed by atoms with Crippen molar-refractivity contribution in [2.24, 2.45) is 5.10 Å². The summed E-state index contributed by atoms with van der Waals surface area (Å²) in [6.45, 7) is 1.35. The van der Waals surface area contributed by atoms with Crippen molar-refractivity contribution < 1.29 is 19.6 Å². The zero-order chi connectivity index (χ0) is 26.5. The Kier molecular flexibility index (Phi) is 7.06. The Bertz CT molecular complexity index is 1580. The summed E-state index contributed by atoms with van der Waals surface area (Å²) in [5, 5.41) is 28.8. The summed E-state index contributed by atoms with van der Waals surface area (Å²) in [7, 11) is 0. The number of hydrogen-bond acceptors (Lipinski definition) is 9. The van der Waals surface area contributed by atoms with E-state index >= 15 is 0 Å². The van der Waals surface area contributed by atoms with E-state index in [4.69, 9.17) is 0 Å². The molecule has 13 heteroatoms. The minimum Gasteiger partial charge on any atom is -0.382 e. The lowest BCUT2D eigenvalue weighted by Gasteiger charge is -2.15. The van der Waals surface area contributed by atoms with Crippen molar-refractivity contribution in [2.75, 3.05) is 5.32 Å². The average Bonchev–Trinajstić information content (AvgIpc) is 2.89. The first-order valence-electron chi connectivity index (χ1n) is 10.8. The van der Waals surface area contributed by atoms with Crippen LogP contribution < -0.4 is 16.3 Å². The lowest BCUT2D eigenvalue weighted by molar-refractivity contribution is -0.384. The number of fused-ring (bicyclic) bond motifs is 1. The first kappa shape index (κ1) is 24.8. The summed E-state index contributed by atoms with van der Waals surface area (Å²) in [5.41, 5.74) is 1.99. The number of non-ortho nitro benzene ring substituents is 1. The van der Waals surface area contributed by atoms with Crippen LogP contribution in [0.3, 0.4) is 0 Å². The number of nitro groups is 1. The van der Waals surface area contributed by atoms with Gasteiger partial charge >= 0.3 is 0 Å². The predicted octanol–water partition coefficient (Wildman–Crippen LogP) is 2.05. The maximum Gasteiger partial charge on any atom is 0.276 e. The Morgan fingerprint density at radius 3 is 2.46 bits per heavy atom. The highest BCUT2D eigenvalue weighted by atomic mass is 16.6. The number of aliphatic hydroxyl groups is 1. The molecule has 0 saturated heterocycles. The number of rotatable bonds is 7. The Morgan fingerprint density at radius 2 is 1.81 bits per heavy atom. The molecule has 4 rings (SSSR count). The number of hydrogen-bond donors (Lipinski definition) is 4. The van der Waals surface area contributed by atoms with E-state index in [1.54, 1.807) is 12.1 Å². The van der Waals surface area contributed by atoms with Crippen LogP contribution in [-0.4, -0.2) is 42.5 Å². The standard InChI is InChI=1S/C24H19N7O6/c1-13(32)26-16-4-2-14(3-5-16)22(33)20(29-30-23(34)15-8-10-25-11-9-15)21-24(35)28-19-12-17(31(36)37)6-7-18(19)27-21/h2-12,22,33H,1H3,(H,26,32)(H,28,35)(H,30,34)/b29-20-. The molecule has 0 radical (unpaired) electrons. The van der Waals surface area contributed by atoms with Crippen molar-refractivity contribution in [2.45, 2.75) is 13.0 Å². The van der Waals surface area contributed by atoms with Gasteiger partial charge in [-0.1, -0.05) is 12.1 Å². The molecule has 0 spiro atoms. The van der Waals surface area contributed by atoms with Crippen LogP contribution in [-0.2, 0) is 4.79 Å². The molecule has 2 aromatic heterocycles. The molecule has 0 saturated carbocycles. The fraction of sp³-hybridized carbons (Fsp3) is 0.0833. The zero-order valence-electron chi connectivity index (χ0n) is 19.2. The van der Waals surface area contributed by atoms with Crippen LogP contribution >= 0.6 is 0 Å². The number of H-pyrrole nitrogens is 1. The highest BCUT2D eigenvalue weighted by Crippen LogP contribution is 2.22. The number of anilines is 1. The van der Waals surface area contributed by atoms with Crippen LogP contribution in [0.25, 0.3) is 11.0 Å². The van der Waals surface area contributed by atoms with Gasteiger partial charge in [-0.2, -0.15) is 5.10 Å². The molecule has 37 heavy (non-hydrogen) atoms. The van der Waals surface area contributed by atoms with Crippen molar-refractivity contribution in [3.05, 3.63) is 104 Å². The number of carbonyl (C=O) groups excluding carboxylic acids is 2. The molecular weight excluding hydrogens is 482 g/mol. The lowest BCUT2D eigenvalue weighted by atomic mass is 10.0. The van der Waals surface area contributed by atoms with Crippen molar-refractivity contribution in [3.8, 4) is 0 Å². The quantitative estimate of drug-likeness (QED) is 0.168. The van der Waals surface area contributed by atoms with E-state index in [2.05, 4.69) is 30.8 Å². The largest absolute Gasteiger partial charge is 0.382 e. The number of aromatic nitrogens is 3. The maximum absolute atomic E-state index is 12.9. The van der Waals surface area contributed by atoms with Gasteiger partial charge in [0.25, 0.3) is 17.2 Å². The third-order valence-corrected chi connectivity index (χ3v) is 5.16. The third-order valence-electron chi connectivity index (χ3n) is 5.16. The number of amides is 2. The van der Waals surface area contributed by atoms with Gasteiger partial charge in [-0.25, -0.2) is 10.4 Å². The number of hydrazone groups is 1. The van der Waals surface area contributed by atoms with Gasteiger partial charge < -0.3 is 15.4 Å². The van der Waals surface area contributed by atoms with E-state index in [-0.39, 0.29) is 45.2 Å². The van der Waals surface area contributed by atoms with Gasteiger partial charge in [0.05, 0.1) is 16.0 Å². The van der Waals surface area contributed by atoms with Crippen LogP contribution in [0.4, 0.5) is 11.4 Å². The molecule has 2 aromatic carbocycles. The second-order valence-electron chi connectivity index (χ2n) is 7.75. The van der Waals surface area contributed by atoms with E-state index in [9.17, 15) is 29.6 Å². The van der Waals surface area contributed by atoms with E-state index in [0.29, 0.717) is 5.69 Å². The van der Waals surface area contributed by atoms with Gasteiger partial charge in [0.2, 0.25) is 5.91 Å². The fourth-order valence-electron chi connectivity index (χ4n) is 3.39. The fourth-order valence-corrected chi connectivity index (χ4v) is 3.39. The topological polar surface area (TPSA) is 193 Å². The van der Waals surface area contributed by atoms with Crippen LogP contribution in [0, 0.1) is 10.1 Å². The molecule has 0 aliphatic carbocycles. The Labute approximate surface area is 208 Å². The van der Waals surface area contributed by atoms with Gasteiger partial charge in [-0.15, -0.1) is 0 Å². The molecule has 0 aliphatic rings. The minimum atomic E-state index is -1.52. The first-order valence-corrected chi connectivity index (χ1v) is 10.8. The molecule has 4 aromatic rings. The Balaban J connectivity index is 1.77. The van der Waals surface area contributed by atoms with E-state index in [1.807, 2.05) is 0 Å². The number of nitrogens with one attached hydrogen (secondary N) is 3. The molecule has 0 bridgehead atoms. The molecule has 1 atom stereocenters. The molecule has 186 valence electrons. The maximum atomic E-state index is 12.9. The average molecular weight is 501 g/mol. The SMILES string of the molecule is CC(=O)Nc1ccc(C(O)/C(=N\NC(=O)c2ccncc2)c2nc3ccc([N+](=O)[O-])cc3[nH]c2=O)cc1. The van der Waals surface area contributed by atoms with Crippen LogP contribution in [0.15, 0.2) is 76.9 Å². The van der Waals surface area contributed by atoms with E-state index in [1.165, 1.54) is 55.7 Å². The summed E-state index contributed by atoms with van der Waals surface area (Å²) in [5.74, 6) is -0.901. The second kappa shape index (κ2) is 10.5. The van der Waals surface area contributed by atoms with E-state index < -0.39 is 22.5 Å². The monoisotopic (exact) mass is 501 g/mol. The normalized spacial score (nSPS) is 12.1. The van der Waals surface area contributed by atoms with Gasteiger partial charge in [-0.3, -0.25) is 29.5 Å². The summed E-state index contributed by atoms with van der Waals surface area (Å²) >= 11 is 0. The highest BCUT2D eigenvalue weighted by Gasteiger charge is 2.24. The van der Waals surface area contributed by atoms with Crippen molar-refractivity contribution in [1.82, 2.24) is 20.4 Å². The molecular formula is C24H19N7O6. The second-order valence-corrected chi connectivity index (χ2v) is 7.75. The number of pyridine rings is 1. The summed E-state index contributed by atoms with van der Waals surface area (Å²) in [6.07, 6.45) is 1.31. The smallest absolute Gasteiger partial charge is 0.276 e. The minimum absolute atomic E-state index is 0.109. The third kappa shape index (κ3) is 5.68. The number of nitro benzene ring substituents is 1. The van der Waals surface area contributed by atoms with Crippen LogP contribution in [0.1, 0.15) is 34.6 Å². The zero-order valence-corrected chi connectivity index (χ0v) is 19.2. The lowest BCUT2D eigenvalue weighted by Crippen LogP contribution is -2.29. The van der Waals surface area contributed by atoms with E-state index in [0.717, 1.165) is 6.07 Å². The van der Waals surface area contributed by atoms with Gasteiger partial charge in [0.1, 0.15) is 11.8 Å². The van der Waals surface area contributed by atoms with Crippen LogP contribution in [0.5, 0.6) is 0 Å². The summed E-state index contributed by atoms with van der Waals surface area (Å²) in [4.78, 5) is 57.8. The molecule has 1 unspecified atom stereocenters. The molecule has 2 amide bonds. The predicted molar refractivity (Wildman–Crippen MR) is 133 cm³/mol. The number of carbonyl (C=O) groups is 2. The number of benzene rings is 2. The van der Waals surface area contributed by atoms with Crippen molar-refractivity contribution >= 4 is 39.9 Å². The van der Waals surface area contributed by atoms with Gasteiger partial charge in [-0.05, 0) is 35.9 Å². The summed E-state index contributed by atoms with van der Waals surface area (Å²) in [6, 6.07) is 12.7. The highest BCUT2D eigenvalue weighted by molar-refractivity contribution is 6.04. The van der Waals surface area contributed by atoms with Crippen LogP contribution in [0.2, 0.25) is 0 Å². The number of nitrogens with zero attached hydrogens (tertiary/aromatic N) is 4. The summed E-state index contributed by atoms with van der Waals surface area (Å²) < 4.78 is 0. The van der Waals surface area contributed by atoms with Gasteiger partial charge in [0, 0.05) is 42.7 Å². The van der Waals surface area contributed by atoms with Crippen molar-refractivity contribution in [3.63, 3.8) is 0 Å². The molecule has 0 aliphatic heterocycles. The molecule has 0 fully saturated rings.